The molecule has 0 aliphatic rings. The van der Waals surface area contributed by atoms with Crippen LogP contribution in [0.4, 0.5) is 11.4 Å². The normalized spacial score (nSPS) is 11.3. The predicted molar refractivity (Wildman–Crippen MR) is 258 cm³/mol. The number of hydrogen-bond donors (Lipinski definition) is 2. The summed E-state index contributed by atoms with van der Waals surface area (Å²) in [6.07, 6.45) is 2.73. The lowest BCUT2D eigenvalue weighted by molar-refractivity contribution is -0.470. The Hall–Kier alpha value is -5.10. The third kappa shape index (κ3) is 11.3. The third-order valence-corrected chi connectivity index (χ3v) is 11.3. The molecule has 0 aliphatic carbocycles. The van der Waals surface area contributed by atoms with E-state index in [9.17, 15) is 0 Å². The molecule has 0 spiro atoms. The number of anilines is 2. The molecule has 58 heavy (non-hydrogen) atoms. The summed E-state index contributed by atoms with van der Waals surface area (Å²) in [5.74, 6) is 3.14. The fourth-order valence-corrected chi connectivity index (χ4v) is 8.35. The van der Waals surface area contributed by atoms with E-state index in [2.05, 4.69) is 200 Å². The molecule has 2 N–H and O–H groups in total. The first kappa shape index (κ1) is 45.6. The first-order chi connectivity index (χ1) is 27.7. The highest BCUT2D eigenvalue weighted by Crippen LogP contribution is 2.35. The number of rotatable bonds is 12. The van der Waals surface area contributed by atoms with E-state index in [0.29, 0.717) is 23.7 Å². The summed E-state index contributed by atoms with van der Waals surface area (Å²) in [5.41, 5.74) is 11.8. The van der Waals surface area contributed by atoms with Gasteiger partial charge in [0.25, 0.3) is 5.96 Å². The smallest absolute Gasteiger partial charge is 0.311 e. The quantitative estimate of drug-likeness (QED) is 0.0574. The SMILES string of the molecule is CC(C)c1cccc(C(C)C)c1NC(=NC(N(C)C)=[N+](C)C)Nc1c(C(C)C)cccc1C(C)C.CCCC[B-](c1ccccc1)(c1ccccc1)c1ccccc1. The van der Waals surface area contributed by atoms with Gasteiger partial charge in [-0.2, -0.15) is 22.7 Å². The lowest BCUT2D eigenvalue weighted by atomic mass is 9.14. The average Bonchev–Trinajstić information content (AvgIpc) is 3.21. The number of aliphatic imine (C=N–C) groups is 1. The fourth-order valence-electron chi connectivity index (χ4n) is 8.35. The number of hydrogen-bond acceptors (Lipinski definition) is 0. The van der Waals surface area contributed by atoms with Gasteiger partial charge in [-0.1, -0.05) is 203 Å². The second-order valence-corrected chi connectivity index (χ2v) is 17.5. The van der Waals surface area contributed by atoms with Crippen LogP contribution >= 0.6 is 0 Å². The molecule has 0 amide bonds. The van der Waals surface area contributed by atoms with Gasteiger partial charge in [-0.25, -0.2) is 0 Å². The van der Waals surface area contributed by atoms with Crippen LogP contribution in [0.2, 0.25) is 6.32 Å². The Bertz CT molecular complexity index is 1850. The van der Waals surface area contributed by atoms with Gasteiger partial charge in [0.2, 0.25) is 0 Å². The molecule has 0 bridgehead atoms. The molecule has 0 heterocycles. The summed E-state index contributed by atoms with van der Waals surface area (Å²) in [5, 5.41) is 7.53. The lowest BCUT2D eigenvalue weighted by Crippen LogP contribution is -2.66. The van der Waals surface area contributed by atoms with Crippen molar-refractivity contribution < 1.29 is 4.58 Å². The number of para-hydroxylation sites is 2. The van der Waals surface area contributed by atoms with E-state index in [1.807, 2.05) is 37.7 Å². The van der Waals surface area contributed by atoms with Crippen LogP contribution < -0.4 is 27.0 Å². The molecular formula is C52H72BN5. The first-order valence-electron chi connectivity index (χ1n) is 21.7. The topological polar surface area (TPSA) is 42.7 Å². The average molecular weight is 778 g/mol. The van der Waals surface area contributed by atoms with Crippen molar-refractivity contribution in [3.05, 3.63) is 150 Å². The zero-order valence-electron chi connectivity index (χ0n) is 38.0. The standard InChI is InChI=1S/C30H47N5.C22H24B/c1-19(2)23-15-13-16-24(20(3)4)27(23)31-29(33-30(34(9)10)35(11)12)32-28-25(21(5)6)17-14-18-26(28)22(7)8;1-2-3-19-23(20-13-7-4-8-14-20,21-15-9-5-10-16-21)22-17-11-6-12-18-22/h13-22H,1-12H3,(H,31,32);4-18H,2-3,19H2,1H3/q;-1/p+1. The van der Waals surface area contributed by atoms with Crippen molar-refractivity contribution in [3.8, 4) is 0 Å². The maximum absolute atomic E-state index is 5.13. The minimum absolute atomic E-state index is 0.387. The van der Waals surface area contributed by atoms with Crippen LogP contribution in [0.3, 0.4) is 0 Å². The van der Waals surface area contributed by atoms with Crippen LogP contribution in [-0.2, 0) is 0 Å². The van der Waals surface area contributed by atoms with Gasteiger partial charge in [-0.05, 0) is 50.9 Å². The number of nitrogens with one attached hydrogen (secondary N) is 2. The molecule has 0 saturated carbocycles. The Morgan fingerprint density at radius 1 is 0.534 bits per heavy atom. The van der Waals surface area contributed by atoms with Crippen molar-refractivity contribution in [2.45, 2.75) is 105 Å². The van der Waals surface area contributed by atoms with Crippen molar-refractivity contribution in [1.82, 2.24) is 4.90 Å². The molecule has 0 fully saturated rings. The second kappa shape index (κ2) is 21.6. The summed E-state index contributed by atoms with van der Waals surface area (Å²) < 4.78 is 2.04. The summed E-state index contributed by atoms with van der Waals surface area (Å²) in [4.78, 5) is 7.17. The summed E-state index contributed by atoms with van der Waals surface area (Å²) in [7, 11) is 8.11. The highest BCUT2D eigenvalue weighted by Gasteiger charge is 2.29. The Balaban J connectivity index is 0.000000278. The van der Waals surface area contributed by atoms with Gasteiger partial charge in [0.1, 0.15) is 0 Å². The second-order valence-electron chi connectivity index (χ2n) is 17.5. The van der Waals surface area contributed by atoms with E-state index in [-0.39, 0.29) is 0 Å². The van der Waals surface area contributed by atoms with E-state index in [0.717, 1.165) is 23.3 Å². The van der Waals surface area contributed by atoms with Gasteiger partial charge in [-0.15, -0.1) is 0 Å². The van der Waals surface area contributed by atoms with Gasteiger partial charge in [0, 0.05) is 11.4 Å². The number of nitrogens with zero attached hydrogens (tertiary/aromatic N) is 3. The molecule has 0 atom stereocenters. The van der Waals surface area contributed by atoms with Crippen molar-refractivity contribution in [1.29, 1.82) is 0 Å². The van der Waals surface area contributed by atoms with Gasteiger partial charge in [0.15, 0.2) is 0 Å². The monoisotopic (exact) mass is 778 g/mol. The van der Waals surface area contributed by atoms with E-state index < -0.39 is 6.15 Å². The zero-order valence-corrected chi connectivity index (χ0v) is 38.0. The number of unbranched alkanes of at least 4 members (excludes halogenated alkanes) is 1. The van der Waals surface area contributed by atoms with E-state index in [4.69, 9.17) is 4.99 Å². The molecule has 0 saturated heterocycles. The maximum Gasteiger partial charge on any atom is 0.392 e. The lowest BCUT2D eigenvalue weighted by Gasteiger charge is -2.43. The summed E-state index contributed by atoms with van der Waals surface area (Å²) >= 11 is 0. The molecule has 5 nitrogen and oxygen atoms in total. The molecule has 6 heteroatoms. The van der Waals surface area contributed by atoms with Gasteiger partial charge in [-0.3, -0.25) is 9.48 Å². The highest BCUT2D eigenvalue weighted by molar-refractivity contribution is 7.11. The summed E-state index contributed by atoms with van der Waals surface area (Å²) in [6.45, 7) is 20.3. The van der Waals surface area contributed by atoms with E-state index >= 15 is 0 Å². The van der Waals surface area contributed by atoms with Gasteiger partial charge in [0.05, 0.1) is 34.3 Å². The number of guanidine groups is 2. The van der Waals surface area contributed by atoms with Gasteiger partial charge < -0.3 is 10.6 Å². The Morgan fingerprint density at radius 3 is 1.12 bits per heavy atom. The Morgan fingerprint density at radius 2 is 0.862 bits per heavy atom. The van der Waals surface area contributed by atoms with Crippen molar-refractivity contribution in [2.24, 2.45) is 4.99 Å². The highest BCUT2D eigenvalue weighted by atomic mass is 15.3. The molecule has 308 valence electrons. The van der Waals surface area contributed by atoms with Gasteiger partial charge >= 0.3 is 5.96 Å². The molecule has 0 unspecified atom stereocenters. The third-order valence-electron chi connectivity index (χ3n) is 11.3. The Kier molecular flexibility index (Phi) is 17.0. The van der Waals surface area contributed by atoms with Crippen molar-refractivity contribution in [3.63, 3.8) is 0 Å². The minimum Gasteiger partial charge on any atom is -0.311 e. The van der Waals surface area contributed by atoms with Crippen molar-refractivity contribution >= 4 is 45.8 Å². The number of benzene rings is 5. The largest absolute Gasteiger partial charge is 0.392 e. The molecular weight excluding hydrogens is 705 g/mol. The van der Waals surface area contributed by atoms with Crippen LogP contribution in [0.15, 0.2) is 132 Å². The Labute approximate surface area is 352 Å². The molecule has 0 aromatic heterocycles. The van der Waals surface area contributed by atoms with Crippen molar-refractivity contribution in [2.75, 3.05) is 38.8 Å². The fraction of sp³-hybridized carbons (Fsp3) is 0.385. The van der Waals surface area contributed by atoms with Crippen LogP contribution in [0, 0.1) is 0 Å². The molecule has 5 aromatic carbocycles. The first-order valence-corrected chi connectivity index (χ1v) is 21.7. The van der Waals surface area contributed by atoms with E-state index in [1.54, 1.807) is 0 Å². The van der Waals surface area contributed by atoms with Crippen LogP contribution in [0.25, 0.3) is 0 Å². The zero-order chi connectivity index (χ0) is 42.4. The minimum atomic E-state index is -0.913. The van der Waals surface area contributed by atoms with E-state index in [1.165, 1.54) is 57.8 Å². The molecule has 5 aromatic rings. The molecule has 5 rings (SSSR count). The van der Waals surface area contributed by atoms with Crippen LogP contribution in [0.1, 0.15) is 121 Å². The van der Waals surface area contributed by atoms with Crippen LogP contribution in [-0.4, -0.2) is 55.7 Å². The maximum atomic E-state index is 5.13. The molecule has 0 aliphatic heterocycles. The molecule has 0 radical (unpaired) electrons. The summed E-state index contributed by atoms with van der Waals surface area (Å²) in [6, 6.07) is 46.4. The van der Waals surface area contributed by atoms with Crippen LogP contribution in [0.5, 0.6) is 0 Å². The predicted octanol–water partition coefficient (Wildman–Crippen LogP) is 11.2.